The van der Waals surface area contributed by atoms with Crippen LogP contribution in [0.2, 0.25) is 0 Å². The van der Waals surface area contributed by atoms with Crippen LogP contribution in [0.15, 0.2) is 51.8 Å². The minimum absolute atomic E-state index is 0.0133. The first-order chi connectivity index (χ1) is 10.1. The van der Waals surface area contributed by atoms with Crippen molar-refractivity contribution in [2.45, 2.75) is 24.3 Å². The molecule has 2 aromatic rings. The second-order valence-electron chi connectivity index (χ2n) is 4.93. The SMILES string of the molecule is Cc1cccc(SCC(Cc2cc(Br)ccc2F)NN)c1. The Morgan fingerprint density at radius 1 is 1.29 bits per heavy atom. The lowest BCUT2D eigenvalue weighted by molar-refractivity contribution is 0.546. The zero-order chi connectivity index (χ0) is 15.2. The van der Waals surface area contributed by atoms with Crippen LogP contribution in [0.1, 0.15) is 11.1 Å². The summed E-state index contributed by atoms with van der Waals surface area (Å²) in [5, 5.41) is 0. The van der Waals surface area contributed by atoms with Gasteiger partial charge in [-0.25, -0.2) is 4.39 Å². The Kier molecular flexibility index (Phi) is 6.23. The Morgan fingerprint density at radius 3 is 2.81 bits per heavy atom. The largest absolute Gasteiger partial charge is 0.271 e. The van der Waals surface area contributed by atoms with Gasteiger partial charge in [0.1, 0.15) is 5.82 Å². The van der Waals surface area contributed by atoms with Gasteiger partial charge in [-0.3, -0.25) is 11.3 Å². The molecule has 0 aromatic heterocycles. The Labute approximate surface area is 137 Å². The number of aryl methyl sites for hydroxylation is 1. The van der Waals surface area contributed by atoms with E-state index in [2.05, 4.69) is 46.5 Å². The summed E-state index contributed by atoms with van der Waals surface area (Å²) in [6, 6.07) is 13.3. The molecule has 1 unspecified atom stereocenters. The number of hydrogen-bond acceptors (Lipinski definition) is 3. The molecule has 21 heavy (non-hydrogen) atoms. The smallest absolute Gasteiger partial charge is 0.126 e. The molecule has 0 aliphatic carbocycles. The zero-order valence-corrected chi connectivity index (χ0v) is 14.2. The van der Waals surface area contributed by atoms with Gasteiger partial charge in [-0.1, -0.05) is 33.6 Å². The number of hydrogen-bond donors (Lipinski definition) is 2. The highest BCUT2D eigenvalue weighted by atomic mass is 79.9. The fourth-order valence-electron chi connectivity index (χ4n) is 2.03. The Balaban J connectivity index is 1.98. The van der Waals surface area contributed by atoms with Gasteiger partial charge in [0, 0.05) is 21.2 Å². The van der Waals surface area contributed by atoms with Gasteiger partial charge >= 0.3 is 0 Å². The van der Waals surface area contributed by atoms with Gasteiger partial charge in [-0.2, -0.15) is 0 Å². The summed E-state index contributed by atoms with van der Waals surface area (Å²) in [5.41, 5.74) is 4.68. The minimum Gasteiger partial charge on any atom is -0.271 e. The van der Waals surface area contributed by atoms with Gasteiger partial charge < -0.3 is 0 Å². The standard InChI is InChI=1S/C16H18BrFN2S/c1-11-3-2-4-15(7-11)21-10-14(20-19)9-12-8-13(17)5-6-16(12)18/h2-8,14,20H,9-10,19H2,1H3. The maximum absolute atomic E-state index is 13.8. The molecule has 2 aromatic carbocycles. The van der Waals surface area contributed by atoms with Crippen LogP contribution >= 0.6 is 27.7 Å². The molecule has 2 rings (SSSR count). The molecular formula is C16H18BrFN2S. The molecule has 0 saturated heterocycles. The molecule has 1 atom stereocenters. The van der Waals surface area contributed by atoms with Crippen LogP contribution in [0.4, 0.5) is 4.39 Å². The van der Waals surface area contributed by atoms with Crippen molar-refractivity contribution in [3.63, 3.8) is 0 Å². The highest BCUT2D eigenvalue weighted by Crippen LogP contribution is 2.22. The number of hydrazine groups is 1. The highest BCUT2D eigenvalue weighted by Gasteiger charge is 2.12. The van der Waals surface area contributed by atoms with E-state index in [1.54, 1.807) is 23.9 Å². The summed E-state index contributed by atoms with van der Waals surface area (Å²) in [5.74, 6) is 6.19. The van der Waals surface area contributed by atoms with Crippen molar-refractivity contribution < 1.29 is 4.39 Å². The van der Waals surface area contributed by atoms with E-state index in [0.29, 0.717) is 12.0 Å². The van der Waals surface area contributed by atoms with Crippen molar-refractivity contribution in [3.05, 3.63) is 63.9 Å². The molecule has 2 nitrogen and oxygen atoms in total. The van der Waals surface area contributed by atoms with Crippen molar-refractivity contribution in [2.75, 3.05) is 5.75 Å². The van der Waals surface area contributed by atoms with Crippen LogP contribution in [0.5, 0.6) is 0 Å². The molecular weight excluding hydrogens is 351 g/mol. The molecule has 0 bridgehead atoms. The van der Waals surface area contributed by atoms with E-state index in [9.17, 15) is 4.39 Å². The van der Waals surface area contributed by atoms with E-state index in [1.807, 2.05) is 6.07 Å². The van der Waals surface area contributed by atoms with Crippen LogP contribution in [-0.4, -0.2) is 11.8 Å². The third-order valence-corrected chi connectivity index (χ3v) is 4.80. The van der Waals surface area contributed by atoms with Crippen LogP contribution in [0.25, 0.3) is 0 Å². The Hall–Kier alpha value is -0.880. The average molecular weight is 369 g/mol. The van der Waals surface area contributed by atoms with Crippen molar-refractivity contribution in [1.82, 2.24) is 5.43 Å². The van der Waals surface area contributed by atoms with Crippen LogP contribution in [0, 0.1) is 12.7 Å². The number of benzene rings is 2. The van der Waals surface area contributed by atoms with Crippen LogP contribution < -0.4 is 11.3 Å². The van der Waals surface area contributed by atoms with Crippen molar-refractivity contribution in [3.8, 4) is 0 Å². The first-order valence-corrected chi connectivity index (χ1v) is 8.46. The second kappa shape index (κ2) is 7.94. The van der Waals surface area contributed by atoms with Gasteiger partial charge in [0.05, 0.1) is 0 Å². The summed E-state index contributed by atoms with van der Waals surface area (Å²) in [4.78, 5) is 1.20. The third kappa shape index (κ3) is 5.11. The van der Waals surface area contributed by atoms with Gasteiger partial charge in [0.2, 0.25) is 0 Å². The summed E-state index contributed by atoms with van der Waals surface area (Å²) in [6.07, 6.45) is 0.556. The average Bonchev–Trinajstić information content (AvgIpc) is 2.47. The third-order valence-electron chi connectivity index (χ3n) is 3.15. The van der Waals surface area contributed by atoms with Crippen molar-refractivity contribution in [1.29, 1.82) is 0 Å². The maximum atomic E-state index is 13.8. The first-order valence-electron chi connectivity index (χ1n) is 6.68. The van der Waals surface area contributed by atoms with E-state index in [1.165, 1.54) is 16.5 Å². The van der Waals surface area contributed by atoms with Gasteiger partial charge in [0.25, 0.3) is 0 Å². The lowest BCUT2D eigenvalue weighted by atomic mass is 10.1. The number of nitrogens with two attached hydrogens (primary N) is 1. The van der Waals surface area contributed by atoms with E-state index >= 15 is 0 Å². The van der Waals surface area contributed by atoms with Crippen molar-refractivity contribution in [2.24, 2.45) is 5.84 Å². The molecule has 3 N–H and O–H groups in total. The number of nitrogens with one attached hydrogen (secondary N) is 1. The summed E-state index contributed by atoms with van der Waals surface area (Å²) in [7, 11) is 0. The first kappa shape index (κ1) is 16.5. The molecule has 0 aliphatic rings. The van der Waals surface area contributed by atoms with E-state index in [4.69, 9.17) is 5.84 Å². The molecule has 0 heterocycles. The quantitative estimate of drug-likeness (QED) is 0.458. The Bertz CT molecular complexity index is 607. The molecule has 0 amide bonds. The summed E-state index contributed by atoms with van der Waals surface area (Å²) in [6.45, 7) is 2.07. The summed E-state index contributed by atoms with van der Waals surface area (Å²) >= 11 is 5.09. The normalized spacial score (nSPS) is 12.4. The van der Waals surface area contributed by atoms with E-state index < -0.39 is 0 Å². The lowest BCUT2D eigenvalue weighted by Crippen LogP contribution is -2.38. The maximum Gasteiger partial charge on any atom is 0.126 e. The van der Waals surface area contributed by atoms with Gasteiger partial charge in [-0.15, -0.1) is 11.8 Å². The van der Waals surface area contributed by atoms with Crippen LogP contribution in [0.3, 0.4) is 0 Å². The zero-order valence-electron chi connectivity index (χ0n) is 11.8. The number of halogens is 2. The number of thioether (sulfide) groups is 1. The second-order valence-corrected chi connectivity index (χ2v) is 6.94. The van der Waals surface area contributed by atoms with Crippen molar-refractivity contribution >= 4 is 27.7 Å². The predicted molar refractivity (Wildman–Crippen MR) is 90.8 cm³/mol. The van der Waals surface area contributed by atoms with Crippen LogP contribution in [-0.2, 0) is 6.42 Å². The lowest BCUT2D eigenvalue weighted by Gasteiger charge is -2.16. The molecule has 5 heteroatoms. The highest BCUT2D eigenvalue weighted by molar-refractivity contribution is 9.10. The monoisotopic (exact) mass is 368 g/mol. The Morgan fingerprint density at radius 2 is 2.10 bits per heavy atom. The molecule has 112 valence electrons. The van der Waals surface area contributed by atoms with E-state index in [-0.39, 0.29) is 11.9 Å². The topological polar surface area (TPSA) is 38.0 Å². The minimum atomic E-state index is -0.195. The fraction of sp³-hybridized carbons (Fsp3) is 0.250. The fourth-order valence-corrected chi connectivity index (χ4v) is 3.49. The molecule has 0 radical (unpaired) electrons. The summed E-state index contributed by atoms with van der Waals surface area (Å²) < 4.78 is 14.7. The molecule has 0 saturated carbocycles. The molecule has 0 spiro atoms. The number of rotatable bonds is 6. The van der Waals surface area contributed by atoms with Gasteiger partial charge in [-0.05, 0) is 49.2 Å². The molecule has 0 fully saturated rings. The molecule has 0 aliphatic heterocycles. The van der Waals surface area contributed by atoms with E-state index in [0.717, 1.165) is 10.2 Å². The predicted octanol–water partition coefficient (Wildman–Crippen LogP) is 4.06. The van der Waals surface area contributed by atoms with Gasteiger partial charge in [0.15, 0.2) is 0 Å².